The van der Waals surface area contributed by atoms with Crippen LogP contribution in [0.15, 0.2) is 0 Å². The summed E-state index contributed by atoms with van der Waals surface area (Å²) < 4.78 is 0. The molecule has 0 rings (SSSR count). The first-order chi connectivity index (χ1) is 3.18. The van der Waals surface area contributed by atoms with Gasteiger partial charge in [0.15, 0.2) is 0 Å². The minimum atomic E-state index is 0.242. The van der Waals surface area contributed by atoms with Gasteiger partial charge in [0.2, 0.25) is 0 Å². The van der Waals surface area contributed by atoms with Gasteiger partial charge in [-0.25, -0.2) is 0 Å². The maximum Gasteiger partial charge on any atom is 0.104 e. The molecule has 0 aromatic carbocycles. The van der Waals surface area contributed by atoms with Crippen molar-refractivity contribution in [3.63, 3.8) is 0 Å². The predicted octanol–water partition coefficient (Wildman–Crippen LogP) is -0.0906. The number of carbonyl (C=O) groups is 1. The highest BCUT2D eigenvalue weighted by atomic mass is 79.9. The summed E-state index contributed by atoms with van der Waals surface area (Å²) in [6.07, 6.45) is 0. The zero-order valence-corrected chi connectivity index (χ0v) is 8.16. The lowest BCUT2D eigenvalue weighted by molar-refractivity contribution is -0.114. The molecule has 0 N–H and O–H groups in total. The van der Waals surface area contributed by atoms with E-state index >= 15 is 0 Å². The Bertz CT molecular complexity index is 74.1. The summed E-state index contributed by atoms with van der Waals surface area (Å²) in [5.41, 5.74) is 0. The third-order valence-electron chi connectivity index (χ3n) is 0.925. The summed E-state index contributed by atoms with van der Waals surface area (Å²) >= 11 is 3.22. The zero-order valence-electron chi connectivity index (χ0n) is 4.57. The van der Waals surface area contributed by atoms with E-state index in [0.29, 0.717) is 15.6 Å². The van der Waals surface area contributed by atoms with Gasteiger partial charge in [-0.2, -0.15) is 0 Å². The van der Waals surface area contributed by atoms with Crippen molar-refractivity contribution in [2.75, 3.05) is 5.33 Å². The molecule has 0 bridgehead atoms. The van der Waals surface area contributed by atoms with Gasteiger partial charge in [0.25, 0.3) is 0 Å². The smallest absolute Gasteiger partial charge is 0.104 e. The van der Waals surface area contributed by atoms with Crippen LogP contribution in [0, 0.1) is 5.92 Å². The van der Waals surface area contributed by atoms with E-state index in [1.807, 2.05) is 6.92 Å². The molecule has 0 heterocycles. The maximum absolute atomic E-state index is 10.4. The normalized spacial score (nSPS) is 14.0. The van der Waals surface area contributed by atoms with Crippen LogP contribution < -0.4 is 0 Å². The largest absolute Gasteiger partial charge is 0.306 e. The predicted molar refractivity (Wildman–Crippen MR) is 37.9 cm³/mol. The second-order valence-electron chi connectivity index (χ2n) is 1.67. The van der Waals surface area contributed by atoms with E-state index in [1.54, 1.807) is 0 Å². The van der Waals surface area contributed by atoms with E-state index in [-0.39, 0.29) is 5.92 Å². The number of hydrogen-bond donors (Lipinski definition) is 0. The Kier molecular flexibility index (Phi) is 3.56. The first-order valence-corrected chi connectivity index (χ1v) is 4.37. The van der Waals surface area contributed by atoms with Crippen LogP contribution in [0.25, 0.3) is 0 Å². The molecule has 3 heteroatoms. The van der Waals surface area contributed by atoms with Crippen molar-refractivity contribution >= 4 is 31.6 Å². The molecule has 1 atom stereocenters. The molecule has 0 aliphatic rings. The van der Waals surface area contributed by atoms with E-state index in [0.717, 1.165) is 5.33 Å². The Morgan fingerprint density at radius 2 is 2.43 bits per heavy atom. The van der Waals surface area contributed by atoms with Crippen LogP contribution in [0.3, 0.4) is 0 Å². The lowest BCUT2D eigenvalue weighted by Crippen LogP contribution is -2.10. The second-order valence-corrected chi connectivity index (χ2v) is 3.30. The van der Waals surface area contributed by atoms with Crippen molar-refractivity contribution in [1.29, 1.82) is 0 Å². The molecule has 1 unspecified atom stereocenters. The first-order valence-electron chi connectivity index (χ1n) is 2.25. The van der Waals surface area contributed by atoms with E-state index < -0.39 is 0 Å². The van der Waals surface area contributed by atoms with Crippen LogP contribution in [0.4, 0.5) is 0 Å². The summed E-state index contributed by atoms with van der Waals surface area (Å²) in [5, 5.41) is 1.20. The molecular weight excluding hydrogens is 172 g/mol. The average Bonchev–Trinajstić information content (AvgIpc) is 1.65. The molecule has 0 amide bonds. The lowest BCUT2D eigenvalue weighted by Gasteiger charge is -1.97. The van der Waals surface area contributed by atoms with Crippen LogP contribution in [-0.2, 0) is 4.79 Å². The fourth-order valence-electron chi connectivity index (χ4n) is 0.109. The van der Waals surface area contributed by atoms with Gasteiger partial charge in [0.05, 0.1) is 10.2 Å². The summed E-state index contributed by atoms with van der Waals surface area (Å²) in [5.74, 6) is 0.242. The number of carbonyl (C=O) groups excluding carboxylic acids is 1. The number of hydrogen-bond acceptors (Lipinski definition) is 1. The Morgan fingerprint density at radius 1 is 2.00 bits per heavy atom. The standard InChI is InChI=1S/C4H9BrOSi/c1-3(2-5)4(6)7/h3H,2H2,1,7H3. The molecular formula is C4H9BrOSi. The van der Waals surface area contributed by atoms with Gasteiger partial charge in [-0.3, -0.25) is 0 Å². The average molecular weight is 181 g/mol. The number of alkyl halides is 1. The molecule has 42 valence electrons. The molecule has 0 aromatic rings. The summed E-state index contributed by atoms with van der Waals surface area (Å²) in [6, 6.07) is 0. The molecule has 0 saturated carbocycles. The van der Waals surface area contributed by atoms with Gasteiger partial charge < -0.3 is 4.79 Å². The SMILES string of the molecule is CC(CBr)C(=O)[SiH3]. The highest BCUT2D eigenvalue weighted by Crippen LogP contribution is 1.97. The molecule has 7 heavy (non-hydrogen) atoms. The van der Waals surface area contributed by atoms with Crippen molar-refractivity contribution in [1.82, 2.24) is 0 Å². The van der Waals surface area contributed by atoms with Gasteiger partial charge in [-0.15, -0.1) is 0 Å². The molecule has 1 nitrogen and oxygen atoms in total. The fraction of sp³-hybridized carbons (Fsp3) is 0.750. The van der Waals surface area contributed by atoms with Crippen LogP contribution in [-0.4, -0.2) is 21.0 Å². The Labute approximate surface area is 55.0 Å². The van der Waals surface area contributed by atoms with Gasteiger partial charge in [0, 0.05) is 11.2 Å². The number of rotatable bonds is 2. The maximum atomic E-state index is 10.4. The van der Waals surface area contributed by atoms with E-state index in [2.05, 4.69) is 15.9 Å². The van der Waals surface area contributed by atoms with Crippen LogP contribution >= 0.6 is 15.9 Å². The van der Waals surface area contributed by atoms with Crippen LogP contribution in [0.1, 0.15) is 6.92 Å². The molecule has 0 aliphatic heterocycles. The topological polar surface area (TPSA) is 17.1 Å². The van der Waals surface area contributed by atoms with E-state index in [4.69, 9.17) is 0 Å². The lowest BCUT2D eigenvalue weighted by atomic mass is 10.3. The summed E-state index contributed by atoms with van der Waals surface area (Å²) in [4.78, 5) is 10.4. The molecule has 0 fully saturated rings. The Balaban J connectivity index is 3.34. The second kappa shape index (κ2) is 3.38. The first kappa shape index (κ1) is 7.37. The van der Waals surface area contributed by atoms with E-state index in [1.165, 1.54) is 0 Å². The van der Waals surface area contributed by atoms with E-state index in [9.17, 15) is 4.79 Å². The fourth-order valence-corrected chi connectivity index (χ4v) is 1.37. The van der Waals surface area contributed by atoms with Gasteiger partial charge in [-0.05, 0) is 0 Å². The monoisotopic (exact) mass is 180 g/mol. The van der Waals surface area contributed by atoms with Crippen LogP contribution in [0.2, 0.25) is 0 Å². The third kappa shape index (κ3) is 3.00. The third-order valence-corrected chi connectivity index (χ3v) is 2.88. The van der Waals surface area contributed by atoms with Crippen molar-refractivity contribution in [3.05, 3.63) is 0 Å². The Hall–Kier alpha value is 0.367. The molecule has 0 spiro atoms. The Morgan fingerprint density at radius 3 is 2.43 bits per heavy atom. The van der Waals surface area contributed by atoms with Crippen molar-refractivity contribution in [3.8, 4) is 0 Å². The van der Waals surface area contributed by atoms with Gasteiger partial charge in [-0.1, -0.05) is 22.9 Å². The highest BCUT2D eigenvalue weighted by molar-refractivity contribution is 9.09. The minimum Gasteiger partial charge on any atom is -0.306 e. The van der Waals surface area contributed by atoms with Gasteiger partial charge >= 0.3 is 0 Å². The molecule has 0 saturated heterocycles. The summed E-state index contributed by atoms with van der Waals surface area (Å²) in [7, 11) is 0.694. The van der Waals surface area contributed by atoms with Crippen molar-refractivity contribution in [2.24, 2.45) is 5.92 Å². The quantitative estimate of drug-likeness (QED) is 0.429. The zero-order chi connectivity index (χ0) is 5.86. The molecule has 0 radical (unpaired) electrons. The van der Waals surface area contributed by atoms with Gasteiger partial charge in [0.1, 0.15) is 5.41 Å². The summed E-state index contributed by atoms with van der Waals surface area (Å²) in [6.45, 7) is 1.93. The molecule has 0 aliphatic carbocycles. The molecule has 0 aromatic heterocycles. The number of halogens is 1. The highest BCUT2D eigenvalue weighted by Gasteiger charge is 2.01. The minimum absolute atomic E-state index is 0.242. The van der Waals surface area contributed by atoms with Crippen LogP contribution in [0.5, 0.6) is 0 Å². The van der Waals surface area contributed by atoms with Crippen molar-refractivity contribution in [2.45, 2.75) is 6.92 Å². The van der Waals surface area contributed by atoms with Crippen molar-refractivity contribution < 1.29 is 4.79 Å².